The van der Waals surface area contributed by atoms with E-state index in [0.717, 1.165) is 28.7 Å². The van der Waals surface area contributed by atoms with E-state index < -0.39 is 11.5 Å². The number of amides is 1. The molecule has 0 radical (unpaired) electrons. The normalized spacial score (nSPS) is 16.2. The summed E-state index contributed by atoms with van der Waals surface area (Å²) >= 11 is 0. The van der Waals surface area contributed by atoms with Gasteiger partial charge < -0.3 is 10.4 Å². The Hall–Kier alpha value is -1.84. The van der Waals surface area contributed by atoms with E-state index in [9.17, 15) is 14.7 Å². The van der Waals surface area contributed by atoms with Crippen LogP contribution in [0.4, 0.5) is 0 Å². The molecule has 114 valence electrons. The maximum atomic E-state index is 12.6. The summed E-state index contributed by atoms with van der Waals surface area (Å²) in [5, 5.41) is 12.1. The van der Waals surface area contributed by atoms with Crippen LogP contribution >= 0.6 is 0 Å². The van der Waals surface area contributed by atoms with Crippen molar-refractivity contribution in [2.45, 2.75) is 59.4 Å². The summed E-state index contributed by atoms with van der Waals surface area (Å²) in [7, 11) is 0. The molecule has 0 bridgehead atoms. The van der Waals surface area contributed by atoms with Crippen molar-refractivity contribution in [1.29, 1.82) is 0 Å². The standard InChI is InChI=1S/C17H23NO3/c1-9-10(2)12(4)14(13(5)11(9)3)15(19)18-17(16(20)21)7-6-8-17/h6-8H2,1-5H3,(H,18,19)(H,20,21). The van der Waals surface area contributed by atoms with Gasteiger partial charge in [0.15, 0.2) is 0 Å². The van der Waals surface area contributed by atoms with Crippen LogP contribution in [-0.2, 0) is 4.79 Å². The van der Waals surface area contributed by atoms with Crippen molar-refractivity contribution in [3.8, 4) is 0 Å². The minimum absolute atomic E-state index is 0.265. The Bertz CT molecular complexity index is 598. The highest BCUT2D eigenvalue weighted by atomic mass is 16.4. The monoisotopic (exact) mass is 289 g/mol. The fourth-order valence-electron chi connectivity index (χ4n) is 3.04. The van der Waals surface area contributed by atoms with Gasteiger partial charge in [0.25, 0.3) is 5.91 Å². The molecule has 1 aromatic carbocycles. The smallest absolute Gasteiger partial charge is 0.329 e. The lowest BCUT2D eigenvalue weighted by atomic mass is 9.76. The first kappa shape index (κ1) is 15.5. The second-order valence-corrected chi connectivity index (χ2v) is 6.19. The van der Waals surface area contributed by atoms with Gasteiger partial charge in [-0.25, -0.2) is 4.79 Å². The zero-order chi connectivity index (χ0) is 15.9. The van der Waals surface area contributed by atoms with Crippen LogP contribution in [0.15, 0.2) is 0 Å². The molecule has 1 fully saturated rings. The molecule has 0 saturated heterocycles. The van der Waals surface area contributed by atoms with E-state index in [1.807, 2.05) is 27.7 Å². The van der Waals surface area contributed by atoms with E-state index in [1.165, 1.54) is 5.56 Å². The Morgan fingerprint density at radius 1 is 0.905 bits per heavy atom. The van der Waals surface area contributed by atoms with Crippen LogP contribution in [-0.4, -0.2) is 22.5 Å². The quantitative estimate of drug-likeness (QED) is 0.899. The lowest BCUT2D eigenvalue weighted by molar-refractivity contribution is -0.148. The molecule has 0 spiro atoms. The Kier molecular flexibility index (Phi) is 3.83. The summed E-state index contributed by atoms with van der Waals surface area (Å²) in [6, 6.07) is 0. The number of benzene rings is 1. The minimum atomic E-state index is -1.07. The number of carbonyl (C=O) groups is 2. The van der Waals surface area contributed by atoms with Gasteiger partial charge >= 0.3 is 5.97 Å². The van der Waals surface area contributed by atoms with Crippen molar-refractivity contribution in [3.05, 3.63) is 33.4 Å². The molecule has 1 aliphatic rings. The van der Waals surface area contributed by atoms with Crippen LogP contribution in [0.25, 0.3) is 0 Å². The van der Waals surface area contributed by atoms with E-state index in [-0.39, 0.29) is 5.91 Å². The van der Waals surface area contributed by atoms with Gasteiger partial charge in [0.2, 0.25) is 0 Å². The number of hydrogen-bond donors (Lipinski definition) is 2. The third-order valence-electron chi connectivity index (χ3n) is 5.20. The first-order valence-electron chi connectivity index (χ1n) is 7.34. The molecule has 21 heavy (non-hydrogen) atoms. The lowest BCUT2D eigenvalue weighted by Gasteiger charge is -2.38. The summed E-state index contributed by atoms with van der Waals surface area (Å²) in [6.45, 7) is 9.92. The molecule has 0 heterocycles. The summed E-state index contributed by atoms with van der Waals surface area (Å²) in [5.41, 5.74) is 4.83. The number of carbonyl (C=O) groups excluding carboxylic acids is 1. The third-order valence-corrected chi connectivity index (χ3v) is 5.20. The summed E-state index contributed by atoms with van der Waals surface area (Å²) in [6.07, 6.45) is 1.86. The molecule has 0 aromatic heterocycles. The summed E-state index contributed by atoms with van der Waals surface area (Å²) < 4.78 is 0. The van der Waals surface area contributed by atoms with Gasteiger partial charge in [0, 0.05) is 5.56 Å². The number of aliphatic carboxylic acids is 1. The van der Waals surface area contributed by atoms with E-state index in [4.69, 9.17) is 0 Å². The van der Waals surface area contributed by atoms with Crippen LogP contribution in [0.5, 0.6) is 0 Å². The highest BCUT2D eigenvalue weighted by Gasteiger charge is 2.46. The minimum Gasteiger partial charge on any atom is -0.480 e. The van der Waals surface area contributed by atoms with Gasteiger partial charge in [-0.15, -0.1) is 0 Å². The molecule has 1 aromatic rings. The number of carboxylic acid groups (broad SMARTS) is 1. The molecule has 0 aliphatic heterocycles. The van der Waals surface area contributed by atoms with Gasteiger partial charge in [0.05, 0.1) is 0 Å². The molecule has 4 heteroatoms. The van der Waals surface area contributed by atoms with E-state index in [1.54, 1.807) is 0 Å². The van der Waals surface area contributed by atoms with Gasteiger partial charge in [0.1, 0.15) is 5.54 Å². The van der Waals surface area contributed by atoms with Crippen molar-refractivity contribution >= 4 is 11.9 Å². The molecule has 1 saturated carbocycles. The van der Waals surface area contributed by atoms with Crippen LogP contribution in [0, 0.1) is 34.6 Å². The fraction of sp³-hybridized carbons (Fsp3) is 0.529. The van der Waals surface area contributed by atoms with Crippen LogP contribution in [0.1, 0.15) is 57.4 Å². The van der Waals surface area contributed by atoms with Crippen LogP contribution in [0.3, 0.4) is 0 Å². The van der Waals surface area contributed by atoms with Crippen LogP contribution < -0.4 is 5.32 Å². The first-order chi connectivity index (χ1) is 9.71. The Morgan fingerprint density at radius 3 is 1.67 bits per heavy atom. The van der Waals surface area contributed by atoms with E-state index in [0.29, 0.717) is 18.4 Å². The average molecular weight is 289 g/mol. The SMILES string of the molecule is Cc1c(C)c(C)c(C(=O)NC2(C(=O)O)CCC2)c(C)c1C. The molecule has 0 unspecified atom stereocenters. The molecule has 4 nitrogen and oxygen atoms in total. The molecule has 0 atom stereocenters. The van der Waals surface area contributed by atoms with Crippen molar-refractivity contribution in [3.63, 3.8) is 0 Å². The molecule has 2 N–H and O–H groups in total. The largest absolute Gasteiger partial charge is 0.480 e. The zero-order valence-corrected chi connectivity index (χ0v) is 13.4. The predicted molar refractivity (Wildman–Crippen MR) is 81.8 cm³/mol. The molecule has 1 aliphatic carbocycles. The van der Waals surface area contributed by atoms with E-state index in [2.05, 4.69) is 12.2 Å². The average Bonchev–Trinajstić information content (AvgIpc) is 2.38. The Morgan fingerprint density at radius 2 is 1.33 bits per heavy atom. The number of carboxylic acids is 1. The van der Waals surface area contributed by atoms with Crippen molar-refractivity contribution in [1.82, 2.24) is 5.32 Å². The predicted octanol–water partition coefficient (Wildman–Crippen LogP) is 2.97. The molecular weight excluding hydrogens is 266 g/mol. The fourth-order valence-corrected chi connectivity index (χ4v) is 3.04. The van der Waals surface area contributed by atoms with Gasteiger partial charge in [-0.2, -0.15) is 0 Å². The van der Waals surface area contributed by atoms with Gasteiger partial charge in [-0.3, -0.25) is 4.79 Å². The maximum absolute atomic E-state index is 12.6. The number of nitrogens with one attached hydrogen (secondary N) is 1. The summed E-state index contributed by atoms with van der Waals surface area (Å²) in [5.74, 6) is -1.20. The second-order valence-electron chi connectivity index (χ2n) is 6.19. The Labute approximate surface area is 125 Å². The highest BCUT2D eigenvalue weighted by molar-refractivity contribution is 6.01. The molecule has 1 amide bonds. The highest BCUT2D eigenvalue weighted by Crippen LogP contribution is 2.33. The van der Waals surface area contributed by atoms with Gasteiger partial charge in [-0.05, 0) is 81.7 Å². The number of rotatable bonds is 3. The Balaban J connectivity index is 2.43. The molecular formula is C17H23NO3. The van der Waals surface area contributed by atoms with E-state index >= 15 is 0 Å². The summed E-state index contributed by atoms with van der Waals surface area (Å²) in [4.78, 5) is 24.1. The third kappa shape index (κ3) is 2.33. The first-order valence-corrected chi connectivity index (χ1v) is 7.34. The van der Waals surface area contributed by atoms with Gasteiger partial charge in [-0.1, -0.05) is 0 Å². The molecule has 2 rings (SSSR count). The van der Waals surface area contributed by atoms with Crippen molar-refractivity contribution in [2.75, 3.05) is 0 Å². The topological polar surface area (TPSA) is 66.4 Å². The maximum Gasteiger partial charge on any atom is 0.329 e. The van der Waals surface area contributed by atoms with Crippen LogP contribution in [0.2, 0.25) is 0 Å². The zero-order valence-electron chi connectivity index (χ0n) is 13.4. The van der Waals surface area contributed by atoms with Crippen molar-refractivity contribution < 1.29 is 14.7 Å². The second kappa shape index (κ2) is 5.17. The van der Waals surface area contributed by atoms with Crippen molar-refractivity contribution in [2.24, 2.45) is 0 Å². The number of hydrogen-bond acceptors (Lipinski definition) is 2. The lowest BCUT2D eigenvalue weighted by Crippen LogP contribution is -2.59.